The Morgan fingerprint density at radius 2 is 1.74 bits per heavy atom. The fraction of sp³-hybridized carbons (Fsp3) is 0.394. The quantitative estimate of drug-likeness (QED) is 0.297. The van der Waals surface area contributed by atoms with Crippen molar-refractivity contribution < 1.29 is 9.53 Å². The number of rotatable bonds is 7. The zero-order valence-corrected chi connectivity index (χ0v) is 22.8. The van der Waals surface area contributed by atoms with E-state index in [2.05, 4.69) is 69.9 Å². The Balaban J connectivity index is 1.17. The largest absolute Gasteiger partial charge is 0.490 e. The molecule has 1 saturated heterocycles. The Bertz CT molecular complexity index is 1400. The molecule has 0 bridgehead atoms. The number of carbonyl (C=O) groups excluding carboxylic acids is 1. The molecule has 1 saturated carbocycles. The fourth-order valence-electron chi connectivity index (χ4n) is 6.30. The maximum absolute atomic E-state index is 13.4. The van der Waals surface area contributed by atoms with Gasteiger partial charge in [-0.15, -0.1) is 0 Å². The van der Waals surface area contributed by atoms with Gasteiger partial charge in [0.15, 0.2) is 0 Å². The summed E-state index contributed by atoms with van der Waals surface area (Å²) in [6.07, 6.45) is 8.29. The monoisotopic (exact) mass is 522 g/mol. The highest BCUT2D eigenvalue weighted by Crippen LogP contribution is 2.39. The molecule has 2 heterocycles. The van der Waals surface area contributed by atoms with Gasteiger partial charge in [-0.05, 0) is 80.8 Å². The van der Waals surface area contributed by atoms with E-state index in [1.54, 1.807) is 0 Å². The molecule has 1 amide bonds. The first-order chi connectivity index (χ1) is 19.1. The second-order valence-electron chi connectivity index (χ2n) is 11.4. The molecule has 0 unspecified atom stereocenters. The van der Waals surface area contributed by atoms with Crippen LogP contribution in [0.4, 0.5) is 0 Å². The van der Waals surface area contributed by atoms with Crippen LogP contribution in [0.3, 0.4) is 0 Å². The maximum Gasteiger partial charge on any atom is 0.251 e. The molecule has 2 N–H and O–H groups in total. The Morgan fingerprint density at radius 1 is 1.00 bits per heavy atom. The number of H-pyrrole nitrogens is 1. The summed E-state index contributed by atoms with van der Waals surface area (Å²) in [7, 11) is 2.16. The molecule has 4 aromatic rings. The predicted molar refractivity (Wildman–Crippen MR) is 156 cm³/mol. The highest BCUT2D eigenvalue weighted by molar-refractivity contribution is 6.01. The molecule has 1 aromatic heterocycles. The van der Waals surface area contributed by atoms with Crippen LogP contribution in [0.2, 0.25) is 0 Å². The molecule has 0 atom stereocenters. The first-order valence-electron chi connectivity index (χ1n) is 14.4. The zero-order chi connectivity index (χ0) is 26.7. The van der Waals surface area contributed by atoms with E-state index in [0.717, 1.165) is 66.7 Å². The first kappa shape index (κ1) is 25.6. The van der Waals surface area contributed by atoms with Gasteiger partial charge >= 0.3 is 0 Å². The van der Waals surface area contributed by atoms with Crippen LogP contribution in [0.5, 0.6) is 5.75 Å². The average Bonchev–Trinajstić information content (AvgIpc) is 3.42. The van der Waals surface area contributed by atoms with Gasteiger partial charge in [-0.25, -0.2) is 0 Å². The van der Waals surface area contributed by atoms with Crippen LogP contribution in [0, 0.1) is 0 Å². The predicted octanol–water partition coefficient (Wildman–Crippen LogP) is 6.33. The molecule has 3 aromatic carbocycles. The summed E-state index contributed by atoms with van der Waals surface area (Å²) in [5.41, 5.74) is 4.77. The molecule has 6 nitrogen and oxygen atoms in total. The van der Waals surface area contributed by atoms with Crippen molar-refractivity contribution in [2.45, 2.75) is 56.5 Å². The van der Waals surface area contributed by atoms with Crippen molar-refractivity contribution >= 4 is 16.8 Å². The van der Waals surface area contributed by atoms with E-state index in [-0.39, 0.29) is 17.4 Å². The Hall–Kier alpha value is -3.64. The minimum atomic E-state index is -0.0354. The van der Waals surface area contributed by atoms with Crippen molar-refractivity contribution in [1.82, 2.24) is 20.4 Å². The van der Waals surface area contributed by atoms with Crippen molar-refractivity contribution in [3.05, 3.63) is 83.9 Å². The maximum atomic E-state index is 13.4. The van der Waals surface area contributed by atoms with Gasteiger partial charge in [0.1, 0.15) is 11.9 Å². The third kappa shape index (κ3) is 5.57. The number of hydrogen-bond donors (Lipinski definition) is 2. The van der Waals surface area contributed by atoms with E-state index in [1.165, 1.54) is 24.8 Å². The summed E-state index contributed by atoms with van der Waals surface area (Å²) in [5, 5.41) is 11.9. The highest BCUT2D eigenvalue weighted by Gasteiger charge is 2.34. The van der Waals surface area contributed by atoms with Gasteiger partial charge < -0.3 is 15.0 Å². The number of amides is 1. The molecule has 39 heavy (non-hydrogen) atoms. The molecule has 1 aliphatic carbocycles. The normalized spacial score (nSPS) is 18.2. The second kappa shape index (κ2) is 11.2. The number of likely N-dealkylation sites (tertiary alicyclic amines) is 1. The standard InChI is InChI=1S/C33H38N4O2/c1-37-20-16-28(17-21-37)39-27-13-10-24(11-14-27)31-29-22-25(12-15-30(29)35-36-31)32(38)34-23-33(18-6-3-7-19-33)26-8-4-2-5-9-26/h2,4-5,8-15,22,28H,3,6-7,16-21,23H2,1H3,(H,34,38)(H,35,36). The number of aromatic amines is 1. The van der Waals surface area contributed by atoms with Gasteiger partial charge in [-0.1, -0.05) is 49.6 Å². The number of nitrogens with zero attached hydrogens (tertiary/aromatic N) is 2. The van der Waals surface area contributed by atoms with Gasteiger partial charge in [0.2, 0.25) is 0 Å². The summed E-state index contributed by atoms with van der Waals surface area (Å²) in [4.78, 5) is 15.7. The van der Waals surface area contributed by atoms with Crippen LogP contribution in [0.25, 0.3) is 22.2 Å². The second-order valence-corrected chi connectivity index (χ2v) is 11.4. The molecule has 1 aliphatic heterocycles. The summed E-state index contributed by atoms with van der Waals surface area (Å²) < 4.78 is 6.22. The van der Waals surface area contributed by atoms with Crippen LogP contribution in [-0.2, 0) is 5.41 Å². The third-order valence-corrected chi connectivity index (χ3v) is 8.71. The van der Waals surface area contributed by atoms with Crippen molar-refractivity contribution in [1.29, 1.82) is 0 Å². The third-order valence-electron chi connectivity index (χ3n) is 8.71. The molecule has 2 fully saturated rings. The van der Waals surface area contributed by atoms with Gasteiger partial charge in [0.25, 0.3) is 5.91 Å². The highest BCUT2D eigenvalue weighted by atomic mass is 16.5. The van der Waals surface area contributed by atoms with Crippen LogP contribution in [-0.4, -0.2) is 53.8 Å². The number of piperidine rings is 1. The van der Waals surface area contributed by atoms with E-state index in [9.17, 15) is 4.79 Å². The average molecular weight is 523 g/mol. The number of hydrogen-bond acceptors (Lipinski definition) is 4. The van der Waals surface area contributed by atoms with E-state index < -0.39 is 0 Å². The van der Waals surface area contributed by atoms with Crippen molar-refractivity contribution in [2.24, 2.45) is 0 Å². The number of nitrogens with one attached hydrogen (secondary N) is 2. The van der Waals surface area contributed by atoms with E-state index in [1.807, 2.05) is 30.3 Å². The van der Waals surface area contributed by atoms with Crippen molar-refractivity contribution in [2.75, 3.05) is 26.7 Å². The lowest BCUT2D eigenvalue weighted by atomic mass is 9.69. The topological polar surface area (TPSA) is 70.2 Å². The Labute approximate surface area is 230 Å². The molecular weight excluding hydrogens is 484 g/mol. The van der Waals surface area contributed by atoms with Crippen LogP contribution in [0.1, 0.15) is 60.9 Å². The molecular formula is C33H38N4O2. The van der Waals surface area contributed by atoms with E-state index >= 15 is 0 Å². The number of aromatic nitrogens is 2. The molecule has 0 spiro atoms. The summed E-state index contributed by atoms with van der Waals surface area (Å²) in [5.74, 6) is 0.857. The van der Waals surface area contributed by atoms with Crippen LogP contribution < -0.4 is 10.1 Å². The molecule has 2 aliphatic rings. The minimum Gasteiger partial charge on any atom is -0.490 e. The van der Waals surface area contributed by atoms with Gasteiger partial charge in [0.05, 0.1) is 11.2 Å². The fourth-order valence-corrected chi connectivity index (χ4v) is 6.30. The number of benzene rings is 3. The molecule has 6 heteroatoms. The summed E-state index contributed by atoms with van der Waals surface area (Å²) >= 11 is 0. The molecule has 0 radical (unpaired) electrons. The van der Waals surface area contributed by atoms with E-state index in [4.69, 9.17) is 4.74 Å². The van der Waals surface area contributed by atoms with Gasteiger partial charge in [-0.2, -0.15) is 5.10 Å². The summed E-state index contributed by atoms with van der Waals surface area (Å²) in [6, 6.07) is 24.7. The van der Waals surface area contributed by atoms with Gasteiger partial charge in [0, 0.05) is 41.6 Å². The van der Waals surface area contributed by atoms with Crippen molar-refractivity contribution in [3.8, 4) is 17.0 Å². The lowest BCUT2D eigenvalue weighted by molar-refractivity contribution is 0.0936. The minimum absolute atomic E-state index is 0.0113. The smallest absolute Gasteiger partial charge is 0.251 e. The Kier molecular flexibility index (Phi) is 7.38. The van der Waals surface area contributed by atoms with E-state index in [0.29, 0.717) is 12.1 Å². The van der Waals surface area contributed by atoms with Gasteiger partial charge in [-0.3, -0.25) is 9.89 Å². The SMILES string of the molecule is CN1CCC(Oc2ccc(-c3n[nH]c4ccc(C(=O)NCC5(c6ccccc6)CCCCC5)cc34)cc2)CC1. The lowest BCUT2D eigenvalue weighted by Gasteiger charge is -2.38. The Morgan fingerprint density at radius 3 is 2.49 bits per heavy atom. The van der Waals surface area contributed by atoms with Crippen molar-refractivity contribution in [3.63, 3.8) is 0 Å². The number of fused-ring (bicyclic) bond motifs is 1. The van der Waals surface area contributed by atoms with Crippen LogP contribution in [0.15, 0.2) is 72.8 Å². The van der Waals surface area contributed by atoms with Crippen LogP contribution >= 0.6 is 0 Å². The summed E-state index contributed by atoms with van der Waals surface area (Å²) in [6.45, 7) is 2.81. The molecule has 6 rings (SSSR count). The first-order valence-corrected chi connectivity index (χ1v) is 14.4. The zero-order valence-electron chi connectivity index (χ0n) is 22.8. The number of ether oxygens (including phenoxy) is 1. The lowest BCUT2D eigenvalue weighted by Crippen LogP contribution is -2.42. The molecule has 202 valence electrons. The number of carbonyl (C=O) groups is 1.